The molecule has 1 saturated heterocycles. The Kier molecular flexibility index (Phi) is 2.22. The van der Waals surface area contributed by atoms with E-state index in [0.717, 1.165) is 0 Å². The van der Waals surface area contributed by atoms with Crippen LogP contribution in [0.1, 0.15) is 27.2 Å². The van der Waals surface area contributed by atoms with Gasteiger partial charge in [-0.15, -0.1) is 0 Å². The highest BCUT2D eigenvalue weighted by molar-refractivity contribution is 6.04. The lowest BCUT2D eigenvalue weighted by Crippen LogP contribution is -2.36. The smallest absolute Gasteiger partial charge is 0.319 e. The topological polar surface area (TPSA) is 43.4 Å². The molecule has 1 rings (SSSR count). The third-order valence-electron chi connectivity index (χ3n) is 2.77. The Morgan fingerprint density at radius 3 is 2.67 bits per heavy atom. The zero-order chi connectivity index (χ0) is 9.35. The Balaban J connectivity index is 2.94. The molecule has 0 spiro atoms. The Bertz CT molecular complexity index is 222. The zero-order valence-corrected chi connectivity index (χ0v) is 7.72. The van der Waals surface area contributed by atoms with Crippen molar-refractivity contribution in [3.8, 4) is 0 Å². The van der Waals surface area contributed by atoms with Gasteiger partial charge in [0.1, 0.15) is 11.2 Å². The Hall–Kier alpha value is -0.860. The van der Waals surface area contributed by atoms with Gasteiger partial charge in [0.15, 0.2) is 0 Å². The number of hydrogen-bond donors (Lipinski definition) is 0. The van der Waals surface area contributed by atoms with Crippen molar-refractivity contribution in [2.75, 3.05) is 6.61 Å². The summed E-state index contributed by atoms with van der Waals surface area (Å²) in [5, 5.41) is 0. The van der Waals surface area contributed by atoms with Crippen molar-refractivity contribution in [1.82, 2.24) is 0 Å². The van der Waals surface area contributed by atoms with Crippen LogP contribution < -0.4 is 0 Å². The molecule has 68 valence electrons. The van der Waals surface area contributed by atoms with Gasteiger partial charge in [-0.05, 0) is 6.92 Å². The van der Waals surface area contributed by atoms with Crippen LogP contribution in [0.3, 0.4) is 0 Å². The lowest BCUT2D eigenvalue weighted by atomic mass is 9.76. The maximum Gasteiger partial charge on any atom is 0.319 e. The normalized spacial score (nSPS) is 34.9. The van der Waals surface area contributed by atoms with E-state index in [-0.39, 0.29) is 17.7 Å². The summed E-state index contributed by atoms with van der Waals surface area (Å²) in [4.78, 5) is 22.7. The van der Waals surface area contributed by atoms with E-state index in [4.69, 9.17) is 4.74 Å². The van der Waals surface area contributed by atoms with E-state index in [1.54, 1.807) is 13.8 Å². The third kappa shape index (κ3) is 1.04. The van der Waals surface area contributed by atoms with E-state index in [9.17, 15) is 9.59 Å². The van der Waals surface area contributed by atoms with Crippen molar-refractivity contribution in [3.63, 3.8) is 0 Å². The third-order valence-corrected chi connectivity index (χ3v) is 2.77. The Morgan fingerprint density at radius 2 is 2.33 bits per heavy atom. The molecule has 1 aliphatic rings. The van der Waals surface area contributed by atoms with Gasteiger partial charge in [0.05, 0.1) is 6.61 Å². The first-order valence-corrected chi connectivity index (χ1v) is 4.24. The van der Waals surface area contributed by atoms with Gasteiger partial charge in [0, 0.05) is 12.3 Å². The molecule has 1 heterocycles. The number of Topliss-reactive ketones (excluding diaryl/α,β-unsaturated/α-hetero) is 1. The molecular formula is C9H14O3. The molecule has 0 aromatic rings. The van der Waals surface area contributed by atoms with Crippen molar-refractivity contribution in [2.24, 2.45) is 11.3 Å². The molecule has 0 amide bonds. The second-order valence-electron chi connectivity index (χ2n) is 3.48. The zero-order valence-electron chi connectivity index (χ0n) is 7.72. The molecule has 12 heavy (non-hydrogen) atoms. The van der Waals surface area contributed by atoms with Crippen LogP contribution in [0.15, 0.2) is 0 Å². The second kappa shape index (κ2) is 2.88. The molecule has 0 saturated carbocycles. The predicted octanol–water partition coefficient (Wildman–Crippen LogP) is 1.16. The summed E-state index contributed by atoms with van der Waals surface area (Å²) in [6.07, 6.45) is 0.399. The van der Waals surface area contributed by atoms with E-state index in [2.05, 4.69) is 0 Å². The quantitative estimate of drug-likeness (QED) is 0.461. The van der Waals surface area contributed by atoms with Crippen molar-refractivity contribution in [2.45, 2.75) is 27.2 Å². The van der Waals surface area contributed by atoms with Crippen LogP contribution >= 0.6 is 0 Å². The number of ketones is 1. The van der Waals surface area contributed by atoms with Crippen molar-refractivity contribution in [3.05, 3.63) is 0 Å². The van der Waals surface area contributed by atoms with Gasteiger partial charge in [-0.25, -0.2) is 0 Å². The van der Waals surface area contributed by atoms with E-state index in [1.165, 1.54) is 0 Å². The van der Waals surface area contributed by atoms with E-state index < -0.39 is 5.41 Å². The molecule has 3 nitrogen and oxygen atoms in total. The Morgan fingerprint density at radius 1 is 1.75 bits per heavy atom. The van der Waals surface area contributed by atoms with Gasteiger partial charge in [-0.3, -0.25) is 9.59 Å². The van der Waals surface area contributed by atoms with Crippen molar-refractivity contribution < 1.29 is 14.3 Å². The fourth-order valence-electron chi connectivity index (χ4n) is 1.47. The first-order chi connectivity index (χ1) is 5.53. The highest BCUT2D eigenvalue weighted by atomic mass is 16.5. The van der Waals surface area contributed by atoms with Crippen LogP contribution in [0.25, 0.3) is 0 Å². The van der Waals surface area contributed by atoms with Gasteiger partial charge < -0.3 is 4.74 Å². The van der Waals surface area contributed by atoms with Crippen molar-refractivity contribution >= 4 is 11.8 Å². The molecule has 0 aromatic heterocycles. The summed E-state index contributed by atoms with van der Waals surface area (Å²) >= 11 is 0. The number of hydrogen-bond acceptors (Lipinski definition) is 3. The summed E-state index contributed by atoms with van der Waals surface area (Å²) in [6.45, 7) is 5.70. The standard InChI is InChI=1S/C9H14O3/c1-4-7(10)9(3)6(2)5-12-8(9)11/h6H,4-5H2,1-3H3/t6-,9+/m0/s1. The minimum absolute atomic E-state index is 0.0115. The first kappa shape index (κ1) is 9.23. The number of cyclic esters (lactones) is 1. The molecule has 1 fully saturated rings. The van der Waals surface area contributed by atoms with Crippen LogP contribution in [0.5, 0.6) is 0 Å². The first-order valence-electron chi connectivity index (χ1n) is 4.24. The SMILES string of the molecule is CCC(=O)[C@]1(C)C(=O)OC[C@@H]1C. The van der Waals surface area contributed by atoms with Crippen molar-refractivity contribution in [1.29, 1.82) is 0 Å². The number of rotatable bonds is 2. The summed E-state index contributed by atoms with van der Waals surface area (Å²) in [5.41, 5.74) is -0.880. The lowest BCUT2D eigenvalue weighted by Gasteiger charge is -2.20. The van der Waals surface area contributed by atoms with Crippen LogP contribution in [-0.2, 0) is 14.3 Å². The summed E-state index contributed by atoms with van der Waals surface area (Å²) < 4.78 is 4.84. The fourth-order valence-corrected chi connectivity index (χ4v) is 1.47. The minimum Gasteiger partial charge on any atom is -0.465 e. The number of ether oxygens (including phenoxy) is 1. The van der Waals surface area contributed by atoms with E-state index in [1.807, 2.05) is 6.92 Å². The highest BCUT2D eigenvalue weighted by Gasteiger charge is 2.50. The fraction of sp³-hybridized carbons (Fsp3) is 0.778. The van der Waals surface area contributed by atoms with Gasteiger partial charge in [0.2, 0.25) is 0 Å². The van der Waals surface area contributed by atoms with Crippen LogP contribution in [0.2, 0.25) is 0 Å². The Labute approximate surface area is 72.1 Å². The summed E-state index contributed by atoms with van der Waals surface area (Å²) in [6, 6.07) is 0. The maximum atomic E-state index is 11.5. The minimum atomic E-state index is -0.880. The number of carbonyl (C=O) groups is 2. The summed E-state index contributed by atoms with van der Waals surface area (Å²) in [7, 11) is 0. The van der Waals surface area contributed by atoms with Gasteiger partial charge in [-0.1, -0.05) is 13.8 Å². The molecule has 0 unspecified atom stereocenters. The van der Waals surface area contributed by atoms with E-state index in [0.29, 0.717) is 13.0 Å². The summed E-state index contributed by atoms with van der Waals surface area (Å²) in [5.74, 6) is -0.364. The molecule has 0 aromatic carbocycles. The number of carbonyl (C=O) groups excluding carboxylic acids is 2. The molecule has 2 atom stereocenters. The lowest BCUT2D eigenvalue weighted by molar-refractivity contribution is -0.150. The highest BCUT2D eigenvalue weighted by Crippen LogP contribution is 2.36. The van der Waals surface area contributed by atoms with Crippen LogP contribution in [0.4, 0.5) is 0 Å². The van der Waals surface area contributed by atoms with Gasteiger partial charge >= 0.3 is 5.97 Å². The van der Waals surface area contributed by atoms with Crippen LogP contribution in [-0.4, -0.2) is 18.4 Å². The number of esters is 1. The van der Waals surface area contributed by atoms with Gasteiger partial charge in [0.25, 0.3) is 0 Å². The molecular weight excluding hydrogens is 156 g/mol. The maximum absolute atomic E-state index is 11.5. The molecule has 0 N–H and O–H groups in total. The predicted molar refractivity (Wildman–Crippen MR) is 43.5 cm³/mol. The molecule has 0 aliphatic carbocycles. The average Bonchev–Trinajstić information content (AvgIpc) is 2.32. The monoisotopic (exact) mass is 170 g/mol. The molecule has 1 aliphatic heterocycles. The van der Waals surface area contributed by atoms with Gasteiger partial charge in [-0.2, -0.15) is 0 Å². The van der Waals surface area contributed by atoms with Crippen LogP contribution in [0, 0.1) is 11.3 Å². The molecule has 0 bridgehead atoms. The largest absolute Gasteiger partial charge is 0.465 e. The average molecular weight is 170 g/mol. The van der Waals surface area contributed by atoms with E-state index >= 15 is 0 Å². The molecule has 3 heteroatoms. The molecule has 0 radical (unpaired) electrons. The second-order valence-corrected chi connectivity index (χ2v) is 3.48.